The van der Waals surface area contributed by atoms with Crippen LogP contribution in [-0.4, -0.2) is 43.3 Å². The minimum Gasteiger partial charge on any atom is -0.497 e. The van der Waals surface area contributed by atoms with Gasteiger partial charge in [-0.3, -0.25) is 9.59 Å². The maximum absolute atomic E-state index is 13.6. The molecule has 170 valence electrons. The van der Waals surface area contributed by atoms with Gasteiger partial charge < -0.3 is 24.8 Å². The number of carbonyl (C=O) groups is 2. The van der Waals surface area contributed by atoms with Gasteiger partial charge in [-0.25, -0.2) is 0 Å². The Balaban J connectivity index is 1.56. The normalized spacial score (nSPS) is 16.3. The van der Waals surface area contributed by atoms with E-state index >= 15 is 0 Å². The molecule has 1 heterocycles. The van der Waals surface area contributed by atoms with E-state index in [9.17, 15) is 14.7 Å². The van der Waals surface area contributed by atoms with Crippen LogP contribution in [-0.2, 0) is 16.1 Å². The van der Waals surface area contributed by atoms with E-state index in [0.29, 0.717) is 23.5 Å². The zero-order valence-corrected chi connectivity index (χ0v) is 18.3. The Hall–Kier alpha value is -3.84. The standard InChI is InChI=1S/C26H26N2O5/c1-32-20-13-11-18(12-14-20)16-28-23-9-5-6-10-24(23)33-17-22(25(28)29)27-15-21(26(30)31)19-7-3-2-4-8-19/h2-14,21-22,27H,15-17H2,1H3,(H,30,31)/t21-,22-/m0/s1. The van der Waals surface area contributed by atoms with Crippen LogP contribution in [0.3, 0.4) is 0 Å². The molecule has 0 aromatic heterocycles. The van der Waals surface area contributed by atoms with Crippen LogP contribution in [0.25, 0.3) is 0 Å². The molecule has 0 bridgehead atoms. The number of carbonyl (C=O) groups excluding carboxylic acids is 1. The van der Waals surface area contributed by atoms with Crippen molar-refractivity contribution in [2.45, 2.75) is 18.5 Å². The summed E-state index contributed by atoms with van der Waals surface area (Å²) >= 11 is 0. The van der Waals surface area contributed by atoms with Gasteiger partial charge in [0, 0.05) is 6.54 Å². The van der Waals surface area contributed by atoms with E-state index in [0.717, 1.165) is 11.3 Å². The van der Waals surface area contributed by atoms with E-state index < -0.39 is 17.9 Å². The molecule has 2 N–H and O–H groups in total. The average Bonchev–Trinajstić information content (AvgIpc) is 2.97. The van der Waals surface area contributed by atoms with Crippen molar-refractivity contribution in [1.29, 1.82) is 0 Å². The first kappa shape index (κ1) is 22.4. The van der Waals surface area contributed by atoms with Crippen molar-refractivity contribution in [3.05, 3.63) is 90.0 Å². The molecular formula is C26H26N2O5. The molecule has 4 rings (SSSR count). The Bertz CT molecular complexity index is 1100. The van der Waals surface area contributed by atoms with E-state index in [1.54, 1.807) is 36.3 Å². The van der Waals surface area contributed by atoms with Crippen molar-refractivity contribution in [2.75, 3.05) is 25.2 Å². The van der Waals surface area contributed by atoms with Crippen LogP contribution >= 0.6 is 0 Å². The highest BCUT2D eigenvalue weighted by atomic mass is 16.5. The molecule has 1 aliphatic heterocycles. The number of benzene rings is 3. The van der Waals surface area contributed by atoms with Crippen LogP contribution in [0, 0.1) is 0 Å². The lowest BCUT2D eigenvalue weighted by Crippen LogP contribution is -2.49. The molecule has 0 fully saturated rings. The van der Waals surface area contributed by atoms with E-state index in [2.05, 4.69) is 5.32 Å². The Kier molecular flexibility index (Phi) is 6.90. The van der Waals surface area contributed by atoms with E-state index in [4.69, 9.17) is 9.47 Å². The van der Waals surface area contributed by atoms with Crippen molar-refractivity contribution in [2.24, 2.45) is 0 Å². The number of anilines is 1. The SMILES string of the molecule is COc1ccc(CN2C(=O)[C@@H](NC[C@H](C(=O)O)c3ccccc3)COc3ccccc32)cc1. The van der Waals surface area contributed by atoms with Gasteiger partial charge >= 0.3 is 5.97 Å². The van der Waals surface area contributed by atoms with Crippen molar-refractivity contribution in [1.82, 2.24) is 5.32 Å². The lowest BCUT2D eigenvalue weighted by molar-refractivity contribution is -0.139. The molecule has 3 aromatic rings. The molecule has 0 radical (unpaired) electrons. The number of methoxy groups -OCH3 is 1. The van der Waals surface area contributed by atoms with E-state index in [1.807, 2.05) is 54.6 Å². The van der Waals surface area contributed by atoms with Crippen LogP contribution in [0.2, 0.25) is 0 Å². The zero-order valence-electron chi connectivity index (χ0n) is 18.3. The first-order valence-corrected chi connectivity index (χ1v) is 10.7. The topological polar surface area (TPSA) is 88.1 Å². The van der Waals surface area contributed by atoms with Gasteiger partial charge in [-0.1, -0.05) is 54.6 Å². The lowest BCUT2D eigenvalue weighted by atomic mass is 9.99. The number of carboxylic acid groups (broad SMARTS) is 1. The summed E-state index contributed by atoms with van der Waals surface area (Å²) in [5.74, 6) is -0.548. The number of aliphatic carboxylic acids is 1. The number of hydrogen-bond acceptors (Lipinski definition) is 5. The fourth-order valence-corrected chi connectivity index (χ4v) is 3.87. The third kappa shape index (κ3) is 5.15. The molecule has 0 unspecified atom stereocenters. The summed E-state index contributed by atoms with van der Waals surface area (Å²) in [4.78, 5) is 27.1. The molecule has 7 nitrogen and oxygen atoms in total. The number of ether oxygens (including phenoxy) is 2. The highest BCUT2D eigenvalue weighted by Gasteiger charge is 2.32. The van der Waals surface area contributed by atoms with Gasteiger partial charge in [-0.2, -0.15) is 0 Å². The quantitative estimate of drug-likeness (QED) is 0.551. The number of carboxylic acids is 1. The second-order valence-electron chi connectivity index (χ2n) is 7.81. The van der Waals surface area contributed by atoms with Gasteiger partial charge in [0.1, 0.15) is 24.1 Å². The van der Waals surface area contributed by atoms with Crippen molar-refractivity contribution in [3.8, 4) is 11.5 Å². The molecular weight excluding hydrogens is 420 g/mol. The fraction of sp³-hybridized carbons (Fsp3) is 0.231. The monoisotopic (exact) mass is 446 g/mol. The van der Waals surface area contributed by atoms with E-state index in [1.165, 1.54) is 0 Å². The molecule has 1 amide bonds. The van der Waals surface area contributed by atoms with Crippen LogP contribution < -0.4 is 19.7 Å². The number of nitrogens with one attached hydrogen (secondary N) is 1. The molecule has 1 aliphatic rings. The maximum atomic E-state index is 13.6. The highest BCUT2D eigenvalue weighted by Crippen LogP contribution is 2.32. The fourth-order valence-electron chi connectivity index (χ4n) is 3.87. The summed E-state index contributed by atoms with van der Waals surface area (Å²) in [7, 11) is 1.61. The highest BCUT2D eigenvalue weighted by molar-refractivity contribution is 5.99. The number of amides is 1. The average molecular weight is 447 g/mol. The lowest BCUT2D eigenvalue weighted by Gasteiger charge is -2.26. The van der Waals surface area contributed by atoms with Gasteiger partial charge in [0.15, 0.2) is 0 Å². The summed E-state index contributed by atoms with van der Waals surface area (Å²) in [5, 5.41) is 12.9. The van der Waals surface area contributed by atoms with Gasteiger partial charge in [0.25, 0.3) is 0 Å². The number of hydrogen-bond donors (Lipinski definition) is 2. The first-order chi connectivity index (χ1) is 16.1. The van der Waals surface area contributed by atoms with Crippen LogP contribution in [0.1, 0.15) is 17.0 Å². The number of fused-ring (bicyclic) bond motifs is 1. The molecule has 0 saturated heterocycles. The Morgan fingerprint density at radius 1 is 1.09 bits per heavy atom. The molecule has 2 atom stereocenters. The van der Waals surface area contributed by atoms with E-state index in [-0.39, 0.29) is 19.1 Å². The summed E-state index contributed by atoms with van der Waals surface area (Å²) in [5.41, 5.74) is 2.30. The minimum atomic E-state index is -0.950. The number of para-hydroxylation sites is 2. The molecule has 3 aromatic carbocycles. The number of rotatable bonds is 8. The second kappa shape index (κ2) is 10.2. The minimum absolute atomic E-state index is 0.103. The predicted octanol–water partition coefficient (Wildman–Crippen LogP) is 3.45. The Labute approximate surface area is 192 Å². The summed E-state index contributed by atoms with van der Waals surface area (Å²) in [6, 6.07) is 23.2. The Morgan fingerprint density at radius 2 is 1.79 bits per heavy atom. The smallest absolute Gasteiger partial charge is 0.312 e. The van der Waals surface area contributed by atoms with Crippen molar-refractivity contribution < 1.29 is 24.2 Å². The predicted molar refractivity (Wildman–Crippen MR) is 125 cm³/mol. The third-order valence-corrected chi connectivity index (χ3v) is 5.69. The number of nitrogens with zero attached hydrogens (tertiary/aromatic N) is 1. The summed E-state index contributed by atoms with van der Waals surface area (Å²) < 4.78 is 11.2. The van der Waals surface area contributed by atoms with Crippen LogP contribution in [0.15, 0.2) is 78.9 Å². The molecule has 33 heavy (non-hydrogen) atoms. The van der Waals surface area contributed by atoms with Crippen molar-refractivity contribution >= 4 is 17.6 Å². The van der Waals surface area contributed by atoms with Crippen LogP contribution in [0.5, 0.6) is 11.5 Å². The second-order valence-corrected chi connectivity index (χ2v) is 7.81. The van der Waals surface area contributed by atoms with Crippen LogP contribution in [0.4, 0.5) is 5.69 Å². The first-order valence-electron chi connectivity index (χ1n) is 10.7. The zero-order chi connectivity index (χ0) is 23.2. The largest absolute Gasteiger partial charge is 0.497 e. The van der Waals surface area contributed by atoms with Crippen molar-refractivity contribution in [3.63, 3.8) is 0 Å². The Morgan fingerprint density at radius 3 is 2.48 bits per heavy atom. The molecule has 0 spiro atoms. The molecule has 0 aliphatic carbocycles. The molecule has 7 heteroatoms. The maximum Gasteiger partial charge on any atom is 0.312 e. The van der Waals surface area contributed by atoms with Gasteiger partial charge in [-0.05, 0) is 35.4 Å². The van der Waals surface area contributed by atoms with Gasteiger partial charge in [0.05, 0.1) is 25.3 Å². The van der Waals surface area contributed by atoms with Gasteiger partial charge in [0.2, 0.25) is 5.91 Å². The summed E-state index contributed by atoms with van der Waals surface area (Å²) in [6.45, 7) is 0.560. The molecule has 0 saturated carbocycles. The third-order valence-electron chi connectivity index (χ3n) is 5.69. The summed E-state index contributed by atoms with van der Waals surface area (Å²) in [6.07, 6.45) is 0. The van der Waals surface area contributed by atoms with Gasteiger partial charge in [-0.15, -0.1) is 0 Å².